The molecule has 2 heterocycles. The Morgan fingerprint density at radius 3 is 2.96 bits per heavy atom. The number of anilines is 2. The first-order chi connectivity index (χ1) is 12.5. The molecule has 0 saturated heterocycles. The molecule has 0 bridgehead atoms. The zero-order chi connectivity index (χ0) is 18.5. The number of hydrogen-bond donors (Lipinski definition) is 2. The number of carbonyl (C=O) groups is 2. The number of fused-ring (bicyclic) bond motifs is 1. The van der Waals surface area contributed by atoms with Crippen LogP contribution in [0.2, 0.25) is 0 Å². The summed E-state index contributed by atoms with van der Waals surface area (Å²) in [5.41, 5.74) is 2.10. The molecule has 0 aliphatic rings. The van der Waals surface area contributed by atoms with Gasteiger partial charge in [0.25, 0.3) is 5.91 Å². The van der Waals surface area contributed by atoms with Crippen molar-refractivity contribution in [2.24, 2.45) is 0 Å². The number of esters is 1. The van der Waals surface area contributed by atoms with E-state index in [9.17, 15) is 9.59 Å². The highest BCUT2D eigenvalue weighted by atomic mass is 32.1. The lowest BCUT2D eigenvalue weighted by Gasteiger charge is -2.02. The highest BCUT2D eigenvalue weighted by Gasteiger charge is 2.15. The molecule has 2 N–H and O–H groups in total. The smallest absolute Gasteiger partial charge is 0.358 e. The fraction of sp³-hybridized carbons (Fsp3) is 0.176. The molecule has 0 radical (unpaired) electrons. The Labute approximate surface area is 157 Å². The Morgan fingerprint density at radius 1 is 1.31 bits per heavy atom. The van der Waals surface area contributed by atoms with E-state index in [1.807, 2.05) is 25.1 Å². The quantitative estimate of drug-likeness (QED) is 0.476. The molecule has 0 aliphatic heterocycles. The van der Waals surface area contributed by atoms with Crippen LogP contribution in [-0.2, 0) is 9.53 Å². The molecule has 0 aliphatic carbocycles. The van der Waals surface area contributed by atoms with Gasteiger partial charge in [-0.2, -0.15) is 0 Å². The number of nitrogens with one attached hydrogen (secondary N) is 2. The summed E-state index contributed by atoms with van der Waals surface area (Å²) in [7, 11) is 0. The summed E-state index contributed by atoms with van der Waals surface area (Å²) in [5, 5.41) is 8.25. The van der Waals surface area contributed by atoms with Gasteiger partial charge in [-0.25, -0.2) is 14.8 Å². The van der Waals surface area contributed by atoms with Gasteiger partial charge in [-0.05, 0) is 24.6 Å². The van der Waals surface area contributed by atoms with Crippen LogP contribution in [0, 0.1) is 6.92 Å². The van der Waals surface area contributed by atoms with Crippen LogP contribution in [0.15, 0.2) is 36.2 Å². The fourth-order valence-electron chi connectivity index (χ4n) is 2.05. The number of rotatable bonds is 7. The highest BCUT2D eigenvalue weighted by Crippen LogP contribution is 2.26. The molecule has 134 valence electrons. The van der Waals surface area contributed by atoms with Crippen LogP contribution >= 0.6 is 22.7 Å². The van der Waals surface area contributed by atoms with Crippen molar-refractivity contribution in [3.8, 4) is 0 Å². The third kappa shape index (κ3) is 4.44. The first-order valence-corrected chi connectivity index (χ1v) is 9.39. The van der Waals surface area contributed by atoms with Crippen molar-refractivity contribution in [3.63, 3.8) is 0 Å². The van der Waals surface area contributed by atoms with Gasteiger partial charge in [0.1, 0.15) is 0 Å². The van der Waals surface area contributed by atoms with E-state index >= 15 is 0 Å². The van der Waals surface area contributed by atoms with Crippen LogP contribution in [0.1, 0.15) is 16.1 Å². The lowest BCUT2D eigenvalue weighted by atomic mass is 10.2. The highest BCUT2D eigenvalue weighted by molar-refractivity contribution is 7.22. The van der Waals surface area contributed by atoms with Crippen molar-refractivity contribution in [1.29, 1.82) is 0 Å². The Balaban J connectivity index is 1.53. The molecule has 1 aromatic carbocycles. The molecule has 0 saturated carbocycles. The van der Waals surface area contributed by atoms with Crippen molar-refractivity contribution in [2.45, 2.75) is 6.92 Å². The number of carbonyl (C=O) groups excluding carboxylic acids is 2. The first-order valence-electron chi connectivity index (χ1n) is 7.69. The van der Waals surface area contributed by atoms with Gasteiger partial charge in [-0.1, -0.05) is 23.5 Å². The van der Waals surface area contributed by atoms with Crippen molar-refractivity contribution in [2.75, 3.05) is 23.8 Å². The molecule has 26 heavy (non-hydrogen) atoms. The van der Waals surface area contributed by atoms with Crippen LogP contribution in [0.3, 0.4) is 0 Å². The minimum Gasteiger partial charge on any atom is -0.451 e. The van der Waals surface area contributed by atoms with Crippen LogP contribution in [0.5, 0.6) is 0 Å². The number of nitrogens with zero attached hydrogens (tertiary/aromatic N) is 2. The maximum atomic E-state index is 12.0. The summed E-state index contributed by atoms with van der Waals surface area (Å²) in [4.78, 5) is 32.3. The van der Waals surface area contributed by atoms with E-state index in [0.717, 1.165) is 15.8 Å². The number of amides is 1. The standard InChI is InChI=1S/C17H16N4O3S2/c1-3-6-18-16-20-12(9-25-16)15(23)24-8-14(22)21-17-19-11-5-4-10(2)7-13(11)26-17/h3-5,7,9H,1,6,8H2,2H3,(H,18,20)(H,19,21,22). The predicted octanol–water partition coefficient (Wildman–Crippen LogP) is 3.45. The van der Waals surface area contributed by atoms with Gasteiger partial charge in [0.2, 0.25) is 0 Å². The summed E-state index contributed by atoms with van der Waals surface area (Å²) in [5.74, 6) is -1.10. The molecule has 0 spiro atoms. The van der Waals surface area contributed by atoms with Gasteiger partial charge in [-0.3, -0.25) is 10.1 Å². The van der Waals surface area contributed by atoms with Crippen LogP contribution < -0.4 is 10.6 Å². The van der Waals surface area contributed by atoms with Crippen molar-refractivity contribution in [3.05, 3.63) is 47.5 Å². The zero-order valence-corrected chi connectivity index (χ0v) is 15.6. The minimum atomic E-state index is -0.650. The van der Waals surface area contributed by atoms with E-state index < -0.39 is 18.5 Å². The van der Waals surface area contributed by atoms with Gasteiger partial charge in [-0.15, -0.1) is 17.9 Å². The Morgan fingerprint density at radius 2 is 2.15 bits per heavy atom. The van der Waals surface area contributed by atoms with E-state index in [1.54, 1.807) is 11.5 Å². The Hall–Kier alpha value is -2.78. The zero-order valence-electron chi connectivity index (χ0n) is 13.9. The van der Waals surface area contributed by atoms with Gasteiger partial charge in [0.15, 0.2) is 22.6 Å². The van der Waals surface area contributed by atoms with Crippen molar-refractivity contribution in [1.82, 2.24) is 9.97 Å². The molecule has 1 amide bonds. The summed E-state index contributed by atoms with van der Waals surface area (Å²) in [6.45, 7) is 5.73. The van der Waals surface area contributed by atoms with Crippen LogP contribution in [0.4, 0.5) is 10.3 Å². The maximum Gasteiger partial charge on any atom is 0.358 e. The largest absolute Gasteiger partial charge is 0.451 e. The monoisotopic (exact) mass is 388 g/mol. The molecule has 7 nitrogen and oxygen atoms in total. The summed E-state index contributed by atoms with van der Waals surface area (Å²) in [6.07, 6.45) is 1.69. The third-order valence-corrected chi connectivity index (χ3v) is 4.97. The second kappa shape index (κ2) is 8.07. The van der Waals surface area contributed by atoms with Crippen molar-refractivity contribution >= 4 is 55.0 Å². The second-order valence-corrected chi connectivity index (χ2v) is 7.21. The fourth-order valence-corrected chi connectivity index (χ4v) is 3.72. The van der Waals surface area contributed by atoms with Gasteiger partial charge < -0.3 is 10.1 Å². The minimum absolute atomic E-state index is 0.157. The van der Waals surface area contributed by atoms with E-state index in [2.05, 4.69) is 27.2 Å². The Bertz CT molecular complexity index is 964. The molecule has 0 unspecified atom stereocenters. The maximum absolute atomic E-state index is 12.0. The van der Waals surface area contributed by atoms with Crippen LogP contribution in [-0.4, -0.2) is 35.0 Å². The molecule has 2 aromatic heterocycles. The van der Waals surface area contributed by atoms with Gasteiger partial charge in [0, 0.05) is 11.9 Å². The summed E-state index contributed by atoms with van der Waals surface area (Å²) < 4.78 is 5.98. The van der Waals surface area contributed by atoms with Crippen LogP contribution in [0.25, 0.3) is 10.2 Å². The lowest BCUT2D eigenvalue weighted by molar-refractivity contribution is -0.119. The SMILES string of the molecule is C=CCNc1nc(C(=O)OCC(=O)Nc2nc3ccc(C)cc3s2)cs1. The van der Waals surface area contributed by atoms with E-state index in [1.165, 1.54) is 22.7 Å². The molecule has 0 atom stereocenters. The molecule has 9 heteroatoms. The molecule has 3 rings (SSSR count). The number of ether oxygens (including phenoxy) is 1. The Kier molecular flexibility index (Phi) is 5.59. The van der Waals surface area contributed by atoms with E-state index in [-0.39, 0.29) is 5.69 Å². The van der Waals surface area contributed by atoms with Gasteiger partial charge in [0.05, 0.1) is 10.2 Å². The molecule has 0 fully saturated rings. The topological polar surface area (TPSA) is 93.2 Å². The summed E-state index contributed by atoms with van der Waals surface area (Å²) in [6, 6.07) is 5.86. The predicted molar refractivity (Wildman–Crippen MR) is 104 cm³/mol. The number of aryl methyl sites for hydroxylation is 1. The molecule has 3 aromatic rings. The molecular weight excluding hydrogens is 372 g/mol. The van der Waals surface area contributed by atoms with E-state index in [0.29, 0.717) is 16.8 Å². The van der Waals surface area contributed by atoms with Crippen molar-refractivity contribution < 1.29 is 14.3 Å². The van der Waals surface area contributed by atoms with E-state index in [4.69, 9.17) is 4.74 Å². The number of hydrogen-bond acceptors (Lipinski definition) is 8. The first kappa shape index (κ1) is 18.0. The summed E-state index contributed by atoms with van der Waals surface area (Å²) >= 11 is 2.65. The number of benzene rings is 1. The average Bonchev–Trinajstić information content (AvgIpc) is 3.23. The third-order valence-electron chi connectivity index (χ3n) is 3.24. The molecular formula is C17H16N4O3S2. The number of aromatic nitrogens is 2. The average molecular weight is 388 g/mol. The normalized spacial score (nSPS) is 10.5. The lowest BCUT2D eigenvalue weighted by Crippen LogP contribution is -2.21. The number of thiazole rings is 2. The second-order valence-electron chi connectivity index (χ2n) is 5.32. The van der Waals surface area contributed by atoms with Gasteiger partial charge >= 0.3 is 5.97 Å².